The molecule has 0 fully saturated rings. The number of rotatable bonds is 5. The molecular weight excluding hydrogens is 314 g/mol. The standard InChI is InChI=1S/C20H17N3O2/c21-17-8-5-7-16(13-17)20(24)23-22-14-15-6-4-11-19(12-15)25-18-9-2-1-3-10-18/h1-14H,21H2,(H,23,24)/b22-14+. The number of para-hydroxylation sites is 1. The van der Waals surface area contributed by atoms with Gasteiger partial charge in [-0.15, -0.1) is 0 Å². The number of nitrogen functional groups attached to an aromatic ring is 1. The molecule has 3 aromatic rings. The lowest BCUT2D eigenvalue weighted by molar-refractivity contribution is 0.0955. The number of amides is 1. The van der Waals surface area contributed by atoms with E-state index in [1.54, 1.807) is 30.5 Å². The molecule has 3 aromatic carbocycles. The number of hydrogen-bond acceptors (Lipinski definition) is 4. The third-order valence-corrected chi connectivity index (χ3v) is 3.37. The molecule has 3 rings (SSSR count). The van der Waals surface area contributed by atoms with Gasteiger partial charge in [-0.05, 0) is 48.0 Å². The van der Waals surface area contributed by atoms with Crippen molar-refractivity contribution in [3.05, 3.63) is 90.0 Å². The van der Waals surface area contributed by atoms with Crippen LogP contribution in [0.15, 0.2) is 84.0 Å². The van der Waals surface area contributed by atoms with E-state index in [-0.39, 0.29) is 5.91 Å². The van der Waals surface area contributed by atoms with Crippen LogP contribution in [-0.2, 0) is 0 Å². The van der Waals surface area contributed by atoms with Crippen LogP contribution >= 0.6 is 0 Å². The SMILES string of the molecule is Nc1cccc(C(=O)N/N=C/c2cccc(Oc3ccccc3)c2)c1. The van der Waals surface area contributed by atoms with E-state index in [9.17, 15) is 4.79 Å². The summed E-state index contributed by atoms with van der Waals surface area (Å²) < 4.78 is 5.77. The first-order valence-electron chi connectivity index (χ1n) is 7.72. The summed E-state index contributed by atoms with van der Waals surface area (Å²) in [6.07, 6.45) is 1.56. The summed E-state index contributed by atoms with van der Waals surface area (Å²) >= 11 is 0. The van der Waals surface area contributed by atoms with E-state index in [1.807, 2.05) is 54.6 Å². The largest absolute Gasteiger partial charge is 0.457 e. The Hall–Kier alpha value is -3.60. The topological polar surface area (TPSA) is 76.7 Å². The minimum absolute atomic E-state index is 0.319. The Balaban J connectivity index is 1.63. The molecule has 124 valence electrons. The number of nitrogens with zero attached hydrogens (tertiary/aromatic N) is 1. The van der Waals surface area contributed by atoms with Crippen molar-refractivity contribution < 1.29 is 9.53 Å². The van der Waals surface area contributed by atoms with Gasteiger partial charge in [0, 0.05) is 11.3 Å². The summed E-state index contributed by atoms with van der Waals surface area (Å²) in [6.45, 7) is 0. The third-order valence-electron chi connectivity index (χ3n) is 3.37. The van der Waals surface area contributed by atoms with Crippen LogP contribution in [-0.4, -0.2) is 12.1 Å². The van der Waals surface area contributed by atoms with Crippen molar-refractivity contribution in [2.24, 2.45) is 5.10 Å². The van der Waals surface area contributed by atoms with Crippen LogP contribution in [0.4, 0.5) is 5.69 Å². The Morgan fingerprint density at radius 3 is 2.48 bits per heavy atom. The van der Waals surface area contributed by atoms with Crippen LogP contribution in [0.3, 0.4) is 0 Å². The van der Waals surface area contributed by atoms with Gasteiger partial charge in [0.1, 0.15) is 11.5 Å². The highest BCUT2D eigenvalue weighted by Gasteiger charge is 2.03. The van der Waals surface area contributed by atoms with Crippen molar-refractivity contribution in [2.45, 2.75) is 0 Å². The highest BCUT2D eigenvalue weighted by atomic mass is 16.5. The van der Waals surface area contributed by atoms with E-state index < -0.39 is 0 Å². The number of hydrogen-bond donors (Lipinski definition) is 2. The predicted octanol–water partition coefficient (Wildman–Crippen LogP) is 3.83. The second kappa shape index (κ2) is 7.79. The normalized spacial score (nSPS) is 10.6. The van der Waals surface area contributed by atoms with Crippen molar-refractivity contribution >= 4 is 17.8 Å². The summed E-state index contributed by atoms with van der Waals surface area (Å²) in [5.41, 5.74) is 9.94. The number of anilines is 1. The zero-order valence-electron chi connectivity index (χ0n) is 13.4. The summed E-state index contributed by atoms with van der Waals surface area (Å²) in [6, 6.07) is 23.6. The van der Waals surface area contributed by atoms with Crippen molar-refractivity contribution in [3.8, 4) is 11.5 Å². The Kier molecular flexibility index (Phi) is 5.07. The van der Waals surface area contributed by atoms with Gasteiger partial charge >= 0.3 is 0 Å². The lowest BCUT2D eigenvalue weighted by atomic mass is 10.2. The predicted molar refractivity (Wildman–Crippen MR) is 98.9 cm³/mol. The van der Waals surface area contributed by atoms with Gasteiger partial charge in [-0.1, -0.05) is 36.4 Å². The van der Waals surface area contributed by atoms with Gasteiger partial charge in [-0.25, -0.2) is 5.43 Å². The highest BCUT2D eigenvalue weighted by Crippen LogP contribution is 2.21. The van der Waals surface area contributed by atoms with E-state index in [4.69, 9.17) is 10.5 Å². The van der Waals surface area contributed by atoms with E-state index in [1.165, 1.54) is 0 Å². The molecule has 0 aliphatic carbocycles. The van der Waals surface area contributed by atoms with Crippen LogP contribution in [0.1, 0.15) is 15.9 Å². The molecular formula is C20H17N3O2. The van der Waals surface area contributed by atoms with Crippen molar-refractivity contribution in [2.75, 3.05) is 5.73 Å². The average molecular weight is 331 g/mol. The van der Waals surface area contributed by atoms with E-state index in [2.05, 4.69) is 10.5 Å². The fourth-order valence-corrected chi connectivity index (χ4v) is 2.19. The minimum Gasteiger partial charge on any atom is -0.457 e. The molecule has 25 heavy (non-hydrogen) atoms. The van der Waals surface area contributed by atoms with Gasteiger partial charge in [-0.3, -0.25) is 4.79 Å². The number of nitrogens with two attached hydrogens (primary N) is 1. The number of ether oxygens (including phenoxy) is 1. The zero-order valence-corrected chi connectivity index (χ0v) is 13.4. The first-order valence-corrected chi connectivity index (χ1v) is 7.72. The maximum Gasteiger partial charge on any atom is 0.271 e. The van der Waals surface area contributed by atoms with Gasteiger partial charge in [0.15, 0.2) is 0 Å². The monoisotopic (exact) mass is 331 g/mol. The molecule has 0 saturated carbocycles. The van der Waals surface area contributed by atoms with Crippen LogP contribution in [0.25, 0.3) is 0 Å². The Morgan fingerprint density at radius 2 is 1.68 bits per heavy atom. The van der Waals surface area contributed by atoms with Gasteiger partial charge in [0.25, 0.3) is 5.91 Å². The Morgan fingerprint density at radius 1 is 0.920 bits per heavy atom. The van der Waals surface area contributed by atoms with Crippen LogP contribution in [0, 0.1) is 0 Å². The van der Waals surface area contributed by atoms with Crippen LogP contribution in [0.5, 0.6) is 11.5 Å². The second-order valence-corrected chi connectivity index (χ2v) is 5.31. The molecule has 0 bridgehead atoms. The molecule has 0 aliphatic heterocycles. The molecule has 0 unspecified atom stereocenters. The first kappa shape index (κ1) is 16.3. The molecule has 5 nitrogen and oxygen atoms in total. The van der Waals surface area contributed by atoms with Crippen LogP contribution in [0.2, 0.25) is 0 Å². The quantitative estimate of drug-likeness (QED) is 0.424. The second-order valence-electron chi connectivity index (χ2n) is 5.31. The molecule has 3 N–H and O–H groups in total. The molecule has 0 aromatic heterocycles. The zero-order chi connectivity index (χ0) is 17.5. The molecule has 0 aliphatic rings. The fraction of sp³-hybridized carbons (Fsp3) is 0. The number of carbonyl (C=O) groups excluding carboxylic acids is 1. The van der Waals surface area contributed by atoms with Gasteiger partial charge in [0.05, 0.1) is 6.21 Å². The average Bonchev–Trinajstić information content (AvgIpc) is 2.63. The van der Waals surface area contributed by atoms with Gasteiger partial charge in [0.2, 0.25) is 0 Å². The summed E-state index contributed by atoms with van der Waals surface area (Å²) in [5, 5.41) is 3.97. The number of carbonyl (C=O) groups is 1. The molecule has 0 heterocycles. The van der Waals surface area contributed by atoms with E-state index in [0.29, 0.717) is 17.0 Å². The number of nitrogens with one attached hydrogen (secondary N) is 1. The van der Waals surface area contributed by atoms with Gasteiger partial charge in [-0.2, -0.15) is 5.10 Å². The smallest absolute Gasteiger partial charge is 0.271 e. The summed E-state index contributed by atoms with van der Waals surface area (Å²) in [4.78, 5) is 12.0. The minimum atomic E-state index is -0.319. The Bertz CT molecular complexity index is 892. The van der Waals surface area contributed by atoms with E-state index in [0.717, 1.165) is 11.3 Å². The first-order chi connectivity index (χ1) is 12.2. The van der Waals surface area contributed by atoms with Crippen molar-refractivity contribution in [1.82, 2.24) is 5.43 Å². The molecule has 0 saturated heterocycles. The fourth-order valence-electron chi connectivity index (χ4n) is 2.19. The number of hydrazone groups is 1. The maximum atomic E-state index is 12.0. The van der Waals surface area contributed by atoms with Gasteiger partial charge < -0.3 is 10.5 Å². The third kappa shape index (κ3) is 4.68. The number of benzene rings is 3. The summed E-state index contributed by atoms with van der Waals surface area (Å²) in [5.74, 6) is 1.13. The summed E-state index contributed by atoms with van der Waals surface area (Å²) in [7, 11) is 0. The lowest BCUT2D eigenvalue weighted by Gasteiger charge is -2.05. The van der Waals surface area contributed by atoms with E-state index >= 15 is 0 Å². The molecule has 0 radical (unpaired) electrons. The lowest BCUT2D eigenvalue weighted by Crippen LogP contribution is -2.17. The highest BCUT2D eigenvalue weighted by molar-refractivity contribution is 5.95. The molecule has 1 amide bonds. The molecule has 5 heteroatoms. The Labute approximate surface area is 145 Å². The molecule has 0 spiro atoms. The van der Waals surface area contributed by atoms with Crippen molar-refractivity contribution in [1.29, 1.82) is 0 Å². The maximum absolute atomic E-state index is 12.0. The van der Waals surface area contributed by atoms with Crippen LogP contribution < -0.4 is 15.9 Å². The molecule has 0 atom stereocenters. The van der Waals surface area contributed by atoms with Crippen molar-refractivity contribution in [3.63, 3.8) is 0 Å².